The van der Waals surface area contributed by atoms with Crippen molar-refractivity contribution in [1.29, 1.82) is 0 Å². The summed E-state index contributed by atoms with van der Waals surface area (Å²) in [5.74, 6) is -0.974. The fourth-order valence-electron chi connectivity index (χ4n) is 2.28. The van der Waals surface area contributed by atoms with E-state index in [1.165, 1.54) is 42.5 Å². The Balaban J connectivity index is 2.34. The lowest BCUT2D eigenvalue weighted by molar-refractivity contribution is -0.121. The lowest BCUT2D eigenvalue weighted by Gasteiger charge is -2.22. The van der Waals surface area contributed by atoms with E-state index < -0.39 is 28.3 Å². The number of nitrogens with zero attached hydrogens (tertiary/aromatic N) is 1. The predicted molar refractivity (Wildman–Crippen MR) is 98.7 cm³/mol. The predicted octanol–water partition coefficient (Wildman–Crippen LogP) is 3.20. The molecule has 1 N–H and O–H groups in total. The van der Waals surface area contributed by atoms with E-state index in [9.17, 15) is 17.6 Å². The van der Waals surface area contributed by atoms with E-state index in [1.54, 1.807) is 6.07 Å². The number of nitrogens with one attached hydrogen (secondary N) is 1. The number of halogens is 2. The van der Waals surface area contributed by atoms with Crippen LogP contribution in [-0.4, -0.2) is 31.7 Å². The zero-order chi connectivity index (χ0) is 19.2. The van der Waals surface area contributed by atoms with Gasteiger partial charge < -0.3 is 5.32 Å². The molecule has 1 amide bonds. The highest BCUT2D eigenvalue weighted by atomic mass is 35.5. The van der Waals surface area contributed by atoms with E-state index >= 15 is 0 Å². The number of carbonyl (C=O) groups excluding carboxylic acids is 1. The van der Waals surface area contributed by atoms with Crippen molar-refractivity contribution >= 4 is 27.5 Å². The van der Waals surface area contributed by atoms with Crippen molar-refractivity contribution in [1.82, 2.24) is 9.62 Å². The molecule has 0 heterocycles. The van der Waals surface area contributed by atoms with Gasteiger partial charge in [0.25, 0.3) is 0 Å². The fourth-order valence-corrected chi connectivity index (χ4v) is 3.78. The van der Waals surface area contributed by atoms with Crippen LogP contribution in [0, 0.1) is 5.82 Å². The van der Waals surface area contributed by atoms with Crippen LogP contribution in [0.2, 0.25) is 5.02 Å². The van der Waals surface area contributed by atoms with E-state index in [0.717, 1.165) is 10.7 Å². The molecule has 0 aliphatic rings. The van der Waals surface area contributed by atoms with Crippen LogP contribution < -0.4 is 5.32 Å². The Hall–Kier alpha value is -1.96. The average molecular weight is 399 g/mol. The SMILES string of the molecule is CCCNC(=O)CN(Cc1ccccc1F)S(=O)(=O)c1ccc(Cl)cc1. The van der Waals surface area contributed by atoms with Crippen molar-refractivity contribution in [3.05, 3.63) is 64.9 Å². The standard InChI is InChI=1S/C18H20ClFN2O3S/c1-2-11-21-18(23)13-22(12-14-5-3-4-6-17(14)20)26(24,25)16-9-7-15(19)8-10-16/h3-10H,2,11-13H2,1H3,(H,21,23). The zero-order valence-electron chi connectivity index (χ0n) is 14.3. The Labute approximate surface area is 157 Å². The maximum atomic E-state index is 14.0. The van der Waals surface area contributed by atoms with E-state index in [1.807, 2.05) is 6.92 Å². The summed E-state index contributed by atoms with van der Waals surface area (Å²) in [7, 11) is -4.01. The third-order valence-electron chi connectivity index (χ3n) is 3.65. The highest BCUT2D eigenvalue weighted by molar-refractivity contribution is 7.89. The first-order valence-electron chi connectivity index (χ1n) is 8.10. The van der Waals surface area contributed by atoms with Crippen LogP contribution in [-0.2, 0) is 21.4 Å². The van der Waals surface area contributed by atoms with Crippen LogP contribution in [0.5, 0.6) is 0 Å². The number of carbonyl (C=O) groups is 1. The van der Waals surface area contributed by atoms with E-state index in [2.05, 4.69) is 5.32 Å². The Bertz CT molecular complexity index is 857. The van der Waals surface area contributed by atoms with Crippen LogP contribution >= 0.6 is 11.6 Å². The molecular weight excluding hydrogens is 379 g/mol. The minimum absolute atomic E-state index is 0.0125. The van der Waals surface area contributed by atoms with Gasteiger partial charge in [-0.25, -0.2) is 12.8 Å². The second-order valence-corrected chi connectivity index (χ2v) is 8.04. The first-order valence-corrected chi connectivity index (χ1v) is 9.92. The molecule has 2 aromatic carbocycles. The van der Waals surface area contributed by atoms with Crippen molar-refractivity contribution in [3.8, 4) is 0 Å². The summed E-state index contributed by atoms with van der Waals surface area (Å²) in [6.07, 6.45) is 0.725. The zero-order valence-corrected chi connectivity index (χ0v) is 15.9. The largest absolute Gasteiger partial charge is 0.355 e. The molecule has 140 valence electrons. The minimum Gasteiger partial charge on any atom is -0.355 e. The summed E-state index contributed by atoms with van der Waals surface area (Å²) >= 11 is 5.81. The number of amides is 1. The molecule has 2 aromatic rings. The smallest absolute Gasteiger partial charge is 0.243 e. The molecule has 0 spiro atoms. The summed E-state index contributed by atoms with van der Waals surface area (Å²) in [6, 6.07) is 11.5. The molecule has 0 radical (unpaired) electrons. The van der Waals surface area contributed by atoms with Crippen molar-refractivity contribution < 1.29 is 17.6 Å². The third-order valence-corrected chi connectivity index (χ3v) is 5.71. The number of sulfonamides is 1. The van der Waals surface area contributed by atoms with Crippen molar-refractivity contribution in [3.63, 3.8) is 0 Å². The maximum Gasteiger partial charge on any atom is 0.243 e. The minimum atomic E-state index is -4.01. The van der Waals surface area contributed by atoms with Gasteiger partial charge in [0.05, 0.1) is 11.4 Å². The number of hydrogen-bond donors (Lipinski definition) is 1. The molecule has 0 aromatic heterocycles. The van der Waals surface area contributed by atoms with E-state index in [0.29, 0.717) is 11.6 Å². The van der Waals surface area contributed by atoms with Crippen LogP contribution in [0.1, 0.15) is 18.9 Å². The molecule has 0 saturated carbocycles. The fraction of sp³-hybridized carbons (Fsp3) is 0.278. The Kier molecular flexibility index (Phi) is 7.14. The van der Waals surface area contributed by atoms with E-state index in [4.69, 9.17) is 11.6 Å². The van der Waals surface area contributed by atoms with Gasteiger partial charge in [0.15, 0.2) is 0 Å². The van der Waals surface area contributed by atoms with Gasteiger partial charge in [-0.15, -0.1) is 0 Å². The highest BCUT2D eigenvalue weighted by Crippen LogP contribution is 2.21. The monoisotopic (exact) mass is 398 g/mol. The lowest BCUT2D eigenvalue weighted by Crippen LogP contribution is -2.40. The highest BCUT2D eigenvalue weighted by Gasteiger charge is 2.27. The first kappa shape index (κ1) is 20.4. The van der Waals surface area contributed by atoms with Crippen LogP contribution in [0.25, 0.3) is 0 Å². The average Bonchev–Trinajstić information content (AvgIpc) is 2.61. The van der Waals surface area contributed by atoms with Gasteiger partial charge in [-0.05, 0) is 36.8 Å². The Morgan fingerprint density at radius 1 is 1.15 bits per heavy atom. The molecule has 0 fully saturated rings. The van der Waals surface area contributed by atoms with Gasteiger partial charge in [-0.2, -0.15) is 4.31 Å². The molecule has 5 nitrogen and oxygen atoms in total. The quantitative estimate of drug-likeness (QED) is 0.742. The van der Waals surface area contributed by atoms with Gasteiger partial charge in [0.1, 0.15) is 5.82 Å². The molecule has 2 rings (SSSR count). The molecule has 0 saturated heterocycles. The lowest BCUT2D eigenvalue weighted by atomic mass is 10.2. The molecule has 0 unspecified atom stereocenters. The van der Waals surface area contributed by atoms with Gasteiger partial charge in [-0.1, -0.05) is 36.7 Å². The molecule has 0 bridgehead atoms. The molecule has 0 aliphatic carbocycles. The maximum absolute atomic E-state index is 14.0. The van der Waals surface area contributed by atoms with Crippen LogP contribution in [0.15, 0.2) is 53.4 Å². The second kappa shape index (κ2) is 9.12. The van der Waals surface area contributed by atoms with Crippen molar-refractivity contribution in [2.75, 3.05) is 13.1 Å². The van der Waals surface area contributed by atoms with Crippen LogP contribution in [0.3, 0.4) is 0 Å². The normalized spacial score (nSPS) is 11.5. The number of rotatable bonds is 8. The van der Waals surface area contributed by atoms with Gasteiger partial charge in [0, 0.05) is 23.7 Å². The summed E-state index contributed by atoms with van der Waals surface area (Å²) in [4.78, 5) is 12.1. The van der Waals surface area contributed by atoms with Crippen molar-refractivity contribution in [2.45, 2.75) is 24.8 Å². The number of hydrogen-bond acceptors (Lipinski definition) is 3. The van der Waals surface area contributed by atoms with Crippen LogP contribution in [0.4, 0.5) is 4.39 Å². The Morgan fingerprint density at radius 2 is 1.81 bits per heavy atom. The summed E-state index contributed by atoms with van der Waals surface area (Å²) in [5.41, 5.74) is 0.188. The molecule has 0 aliphatic heterocycles. The number of benzene rings is 2. The van der Waals surface area contributed by atoms with Gasteiger partial charge in [-0.3, -0.25) is 4.79 Å². The van der Waals surface area contributed by atoms with Gasteiger partial charge >= 0.3 is 0 Å². The molecular formula is C18H20ClFN2O3S. The summed E-state index contributed by atoms with van der Waals surface area (Å²) in [6.45, 7) is 1.67. The third kappa shape index (κ3) is 5.27. The summed E-state index contributed by atoms with van der Waals surface area (Å²) < 4.78 is 40.9. The van der Waals surface area contributed by atoms with Crippen molar-refractivity contribution in [2.24, 2.45) is 0 Å². The molecule has 26 heavy (non-hydrogen) atoms. The first-order chi connectivity index (χ1) is 12.3. The molecule has 8 heteroatoms. The second-order valence-electron chi connectivity index (χ2n) is 5.67. The van der Waals surface area contributed by atoms with E-state index in [-0.39, 0.29) is 17.0 Å². The van der Waals surface area contributed by atoms with Gasteiger partial charge in [0.2, 0.25) is 15.9 Å². The topological polar surface area (TPSA) is 66.5 Å². The Morgan fingerprint density at radius 3 is 2.42 bits per heavy atom. The molecule has 0 atom stereocenters. The summed E-state index contributed by atoms with van der Waals surface area (Å²) in [5, 5.41) is 3.03.